The number of carboxylic acid groups (broad SMARTS) is 1. The summed E-state index contributed by atoms with van der Waals surface area (Å²) in [6.45, 7) is 0. The molecule has 1 fully saturated rings. The van der Waals surface area contributed by atoms with Gasteiger partial charge in [0.15, 0.2) is 5.69 Å². The van der Waals surface area contributed by atoms with Crippen LogP contribution in [-0.2, 0) is 18.2 Å². The third kappa shape index (κ3) is 2.90. The fourth-order valence-corrected chi connectivity index (χ4v) is 2.75. The van der Waals surface area contributed by atoms with Gasteiger partial charge in [-0.05, 0) is 42.9 Å². The van der Waals surface area contributed by atoms with Crippen molar-refractivity contribution in [1.29, 1.82) is 0 Å². The molecule has 1 aliphatic rings. The number of aromatic nitrogens is 2. The monoisotopic (exact) mass is 300 g/mol. The molecule has 0 spiro atoms. The number of hydrogen-bond donors (Lipinski definition) is 1. The number of rotatable bonds is 6. The van der Waals surface area contributed by atoms with Crippen molar-refractivity contribution in [2.75, 3.05) is 7.11 Å². The Hall–Kier alpha value is -2.14. The molecule has 0 unspecified atom stereocenters. The first-order valence-corrected chi connectivity index (χ1v) is 7.45. The smallest absolute Gasteiger partial charge is 0.356 e. The van der Waals surface area contributed by atoms with Crippen molar-refractivity contribution in [3.63, 3.8) is 0 Å². The van der Waals surface area contributed by atoms with Gasteiger partial charge in [-0.15, -0.1) is 0 Å². The van der Waals surface area contributed by atoms with Crippen molar-refractivity contribution < 1.29 is 14.6 Å². The summed E-state index contributed by atoms with van der Waals surface area (Å²) in [5, 5.41) is 13.0. The molecule has 0 atom stereocenters. The number of carbonyl (C=O) groups is 1. The summed E-state index contributed by atoms with van der Waals surface area (Å²) in [6, 6.07) is 9.82. The van der Waals surface area contributed by atoms with Crippen LogP contribution >= 0.6 is 0 Å². The zero-order chi connectivity index (χ0) is 15.7. The van der Waals surface area contributed by atoms with Crippen LogP contribution in [0.1, 0.15) is 35.3 Å². The van der Waals surface area contributed by atoms with Crippen LogP contribution in [0, 0.1) is 0 Å². The first kappa shape index (κ1) is 14.8. The Bertz CT molecular complexity index is 684. The maximum Gasteiger partial charge on any atom is 0.356 e. The van der Waals surface area contributed by atoms with Crippen molar-refractivity contribution in [3.05, 3.63) is 41.6 Å². The van der Waals surface area contributed by atoms with E-state index in [9.17, 15) is 4.79 Å². The lowest BCUT2D eigenvalue weighted by Gasteiger charge is -2.12. The predicted molar refractivity (Wildman–Crippen MR) is 82.9 cm³/mol. The van der Waals surface area contributed by atoms with Gasteiger partial charge < -0.3 is 9.84 Å². The molecule has 3 rings (SSSR count). The highest BCUT2D eigenvalue weighted by molar-refractivity contribution is 5.87. The van der Waals surface area contributed by atoms with Gasteiger partial charge in [-0.2, -0.15) is 5.10 Å². The van der Waals surface area contributed by atoms with Crippen LogP contribution < -0.4 is 0 Å². The summed E-state index contributed by atoms with van der Waals surface area (Å²) in [5.41, 5.74) is 3.24. The molecule has 22 heavy (non-hydrogen) atoms. The van der Waals surface area contributed by atoms with Crippen LogP contribution in [0.5, 0.6) is 0 Å². The van der Waals surface area contributed by atoms with E-state index in [1.807, 2.05) is 12.1 Å². The van der Waals surface area contributed by atoms with E-state index in [-0.39, 0.29) is 11.3 Å². The molecule has 1 N–H and O–H groups in total. The van der Waals surface area contributed by atoms with Crippen molar-refractivity contribution in [2.45, 2.75) is 31.3 Å². The van der Waals surface area contributed by atoms with E-state index in [2.05, 4.69) is 17.2 Å². The summed E-state index contributed by atoms with van der Waals surface area (Å²) < 4.78 is 7.14. The number of benzene rings is 1. The molecule has 5 heteroatoms. The van der Waals surface area contributed by atoms with Crippen LogP contribution in [0.25, 0.3) is 11.3 Å². The van der Waals surface area contributed by atoms with Crippen molar-refractivity contribution in [3.8, 4) is 11.3 Å². The molecule has 1 heterocycles. The van der Waals surface area contributed by atoms with Gasteiger partial charge >= 0.3 is 5.97 Å². The van der Waals surface area contributed by atoms with E-state index in [1.54, 1.807) is 24.9 Å². The lowest BCUT2D eigenvalue weighted by molar-refractivity contribution is 0.0689. The van der Waals surface area contributed by atoms with Gasteiger partial charge in [0.2, 0.25) is 0 Å². The number of nitrogens with zero attached hydrogens (tertiary/aromatic N) is 2. The third-order valence-corrected chi connectivity index (χ3v) is 4.46. The van der Waals surface area contributed by atoms with Gasteiger partial charge in [-0.1, -0.05) is 24.3 Å². The van der Waals surface area contributed by atoms with Gasteiger partial charge in [0.05, 0.1) is 11.3 Å². The minimum Gasteiger partial charge on any atom is -0.476 e. The molecule has 1 aliphatic carbocycles. The fourth-order valence-electron chi connectivity index (χ4n) is 2.75. The van der Waals surface area contributed by atoms with Gasteiger partial charge in [0.25, 0.3) is 0 Å². The Morgan fingerprint density at radius 2 is 2.05 bits per heavy atom. The molecule has 116 valence electrons. The third-order valence-electron chi connectivity index (χ3n) is 4.46. The van der Waals surface area contributed by atoms with Crippen molar-refractivity contribution in [1.82, 2.24) is 9.78 Å². The molecule has 0 amide bonds. The summed E-state index contributed by atoms with van der Waals surface area (Å²) in [5.74, 6) is -1.01. The molecule has 0 aliphatic heterocycles. The lowest BCUT2D eigenvalue weighted by Crippen LogP contribution is -2.12. The lowest BCUT2D eigenvalue weighted by atomic mass is 10.0. The second-order valence-electron chi connectivity index (χ2n) is 5.93. The first-order chi connectivity index (χ1) is 10.5. The summed E-state index contributed by atoms with van der Waals surface area (Å²) in [4.78, 5) is 11.0. The summed E-state index contributed by atoms with van der Waals surface area (Å²) in [7, 11) is 3.55. The highest BCUT2D eigenvalue weighted by atomic mass is 16.5. The van der Waals surface area contributed by atoms with E-state index in [0.717, 1.165) is 36.9 Å². The Morgan fingerprint density at radius 1 is 1.36 bits per heavy atom. The van der Waals surface area contributed by atoms with Crippen LogP contribution in [0.15, 0.2) is 30.3 Å². The van der Waals surface area contributed by atoms with E-state index in [0.29, 0.717) is 0 Å². The Morgan fingerprint density at radius 3 is 2.55 bits per heavy atom. The van der Waals surface area contributed by atoms with Crippen LogP contribution in [0.2, 0.25) is 0 Å². The van der Waals surface area contributed by atoms with E-state index in [1.165, 1.54) is 5.56 Å². The number of methoxy groups -OCH3 is 1. The molecular formula is C17H20N2O3. The molecule has 1 aromatic heterocycles. The molecule has 2 aromatic rings. The van der Waals surface area contributed by atoms with E-state index >= 15 is 0 Å². The maximum absolute atomic E-state index is 11.0. The van der Waals surface area contributed by atoms with Gasteiger partial charge in [0, 0.05) is 14.2 Å². The van der Waals surface area contributed by atoms with Crippen molar-refractivity contribution >= 4 is 5.97 Å². The number of hydrogen-bond acceptors (Lipinski definition) is 3. The Kier molecular flexibility index (Phi) is 3.74. The van der Waals surface area contributed by atoms with E-state index in [4.69, 9.17) is 9.84 Å². The van der Waals surface area contributed by atoms with Gasteiger partial charge in [0.1, 0.15) is 0 Å². The number of aryl methyl sites for hydroxylation is 2. The predicted octanol–water partition coefficient (Wildman–Crippen LogP) is 2.90. The van der Waals surface area contributed by atoms with Crippen LogP contribution in [-0.4, -0.2) is 33.6 Å². The highest BCUT2D eigenvalue weighted by Crippen LogP contribution is 2.42. The quantitative estimate of drug-likeness (QED) is 0.891. The zero-order valence-electron chi connectivity index (χ0n) is 12.9. The zero-order valence-corrected chi connectivity index (χ0v) is 12.9. The molecule has 0 radical (unpaired) electrons. The van der Waals surface area contributed by atoms with Crippen molar-refractivity contribution in [2.24, 2.45) is 7.05 Å². The average Bonchev–Trinajstić information content (AvgIpc) is 3.20. The largest absolute Gasteiger partial charge is 0.476 e. The van der Waals surface area contributed by atoms with Gasteiger partial charge in [-0.25, -0.2) is 4.79 Å². The second-order valence-corrected chi connectivity index (χ2v) is 5.93. The molecule has 1 saturated carbocycles. The summed E-state index contributed by atoms with van der Waals surface area (Å²) >= 11 is 0. The maximum atomic E-state index is 11.0. The molecule has 0 bridgehead atoms. The number of aromatic carboxylic acids is 1. The standard InChI is InChI=1S/C17H20N2O3/c1-19-15(11-14(18-19)16(20)21)13-5-3-12(4-6-13)7-8-17(22-2)9-10-17/h3-6,11H,7-10H2,1-2H3,(H,20,21). The molecular weight excluding hydrogens is 280 g/mol. The number of carboxylic acids is 1. The second kappa shape index (κ2) is 5.57. The SMILES string of the molecule is COC1(CCc2ccc(-c3cc(C(=O)O)nn3C)cc2)CC1. The van der Waals surface area contributed by atoms with Crippen LogP contribution in [0.4, 0.5) is 0 Å². The van der Waals surface area contributed by atoms with Gasteiger partial charge in [-0.3, -0.25) is 4.68 Å². The molecule has 1 aromatic carbocycles. The Balaban J connectivity index is 1.72. The Labute approximate surface area is 129 Å². The fraction of sp³-hybridized carbons (Fsp3) is 0.412. The topological polar surface area (TPSA) is 64.3 Å². The minimum atomic E-state index is -1.01. The highest BCUT2D eigenvalue weighted by Gasteiger charge is 2.42. The minimum absolute atomic E-state index is 0.0670. The average molecular weight is 300 g/mol. The van der Waals surface area contributed by atoms with E-state index < -0.39 is 5.97 Å². The molecule has 5 nitrogen and oxygen atoms in total. The number of ether oxygens (including phenoxy) is 1. The normalized spacial score (nSPS) is 15.7. The summed E-state index contributed by atoms with van der Waals surface area (Å²) in [6.07, 6.45) is 4.38. The van der Waals surface area contributed by atoms with Crippen LogP contribution in [0.3, 0.4) is 0 Å². The molecule has 0 saturated heterocycles. The first-order valence-electron chi connectivity index (χ1n) is 7.45.